The van der Waals surface area contributed by atoms with Crippen LogP contribution in [0.15, 0.2) is 60.4 Å². The number of para-hydroxylation sites is 2. The van der Waals surface area contributed by atoms with Gasteiger partial charge in [-0.25, -0.2) is 4.98 Å². The summed E-state index contributed by atoms with van der Waals surface area (Å²) in [6, 6.07) is 13.9. The number of carbonyl (C=O) groups is 1. The van der Waals surface area contributed by atoms with Gasteiger partial charge in [-0.05, 0) is 38.1 Å². The minimum absolute atomic E-state index is 0.00892. The van der Waals surface area contributed by atoms with Crippen molar-refractivity contribution in [3.63, 3.8) is 0 Å². The Morgan fingerprint density at radius 1 is 1.05 bits per heavy atom. The van der Waals surface area contributed by atoms with E-state index >= 15 is 0 Å². The smallest absolute Gasteiger partial charge is 0.271 e. The number of piperidine rings is 1. The van der Waals surface area contributed by atoms with Gasteiger partial charge in [0.15, 0.2) is 0 Å². The molecular weight excluding hydrogens is 470 g/mol. The normalized spacial score (nSPS) is 21.1. The fraction of sp³-hybridized carbons (Fsp3) is 0.500. The third kappa shape index (κ3) is 6.53. The topological polar surface area (TPSA) is 79.4 Å². The Balaban J connectivity index is 1.07. The van der Waals surface area contributed by atoms with E-state index in [1.165, 1.54) is 0 Å². The van der Waals surface area contributed by atoms with E-state index in [1.54, 1.807) is 6.20 Å². The number of rotatable bonds is 8. The predicted molar refractivity (Wildman–Crippen MR) is 141 cm³/mol. The molecule has 9 nitrogen and oxygen atoms in total. The van der Waals surface area contributed by atoms with Crippen molar-refractivity contribution in [1.29, 1.82) is 0 Å². The molecule has 0 aliphatic carbocycles. The molecule has 4 heterocycles. The molecule has 1 aromatic carbocycles. The highest BCUT2D eigenvalue weighted by atomic mass is 16.7. The lowest BCUT2D eigenvalue weighted by molar-refractivity contribution is -0.130. The Morgan fingerprint density at radius 3 is 2.54 bits per heavy atom. The minimum Gasteiger partial charge on any atom is -0.489 e. The predicted octanol–water partition coefficient (Wildman–Crippen LogP) is 2.85. The molecular formula is C28H37N5O4. The van der Waals surface area contributed by atoms with Gasteiger partial charge in [-0.1, -0.05) is 18.2 Å². The van der Waals surface area contributed by atoms with Crippen molar-refractivity contribution in [2.24, 2.45) is 0 Å². The molecule has 3 aliphatic heterocycles. The van der Waals surface area contributed by atoms with Gasteiger partial charge in [-0.2, -0.15) is 0 Å². The van der Waals surface area contributed by atoms with E-state index in [4.69, 9.17) is 14.3 Å². The van der Waals surface area contributed by atoms with Crippen LogP contribution in [-0.2, 0) is 9.63 Å². The molecule has 1 aromatic heterocycles. The lowest BCUT2D eigenvalue weighted by atomic mass is 10.1. The number of likely N-dealkylation sites (tertiary alicyclic amines) is 1. The van der Waals surface area contributed by atoms with Crippen LogP contribution in [0.1, 0.15) is 26.7 Å². The van der Waals surface area contributed by atoms with Crippen LogP contribution < -0.4 is 19.9 Å². The number of amides is 1. The van der Waals surface area contributed by atoms with E-state index in [2.05, 4.69) is 46.2 Å². The Bertz CT molecular complexity index is 1060. The van der Waals surface area contributed by atoms with Gasteiger partial charge in [-0.3, -0.25) is 20.0 Å². The lowest BCUT2D eigenvalue weighted by Gasteiger charge is -2.37. The highest BCUT2D eigenvalue weighted by Gasteiger charge is 2.31. The first-order valence-electron chi connectivity index (χ1n) is 13.3. The number of nitrogens with one attached hydrogen (secondary N) is 1. The molecule has 2 fully saturated rings. The van der Waals surface area contributed by atoms with E-state index in [0.717, 1.165) is 57.0 Å². The second kappa shape index (κ2) is 11.8. The number of benzene rings is 1. The number of aromatic nitrogens is 1. The monoisotopic (exact) mass is 507 g/mol. The molecule has 0 spiro atoms. The first-order valence-corrected chi connectivity index (χ1v) is 13.3. The summed E-state index contributed by atoms with van der Waals surface area (Å²) in [5.74, 6) is 1.57. The Hall–Kier alpha value is -3.30. The van der Waals surface area contributed by atoms with Crippen LogP contribution in [0.2, 0.25) is 0 Å². The summed E-state index contributed by atoms with van der Waals surface area (Å²) in [6.45, 7) is 9.87. The van der Waals surface area contributed by atoms with Gasteiger partial charge in [-0.15, -0.1) is 0 Å². The summed E-state index contributed by atoms with van der Waals surface area (Å²) in [7, 11) is 0. The zero-order chi connectivity index (χ0) is 25.6. The van der Waals surface area contributed by atoms with Gasteiger partial charge in [0, 0.05) is 70.9 Å². The number of nitrogens with zero attached hydrogens (tertiary/aromatic N) is 4. The van der Waals surface area contributed by atoms with Gasteiger partial charge in [0.2, 0.25) is 5.88 Å². The summed E-state index contributed by atoms with van der Waals surface area (Å²) in [5, 5.41) is 0. The van der Waals surface area contributed by atoms with Gasteiger partial charge >= 0.3 is 0 Å². The molecule has 0 radical (unpaired) electrons. The summed E-state index contributed by atoms with van der Waals surface area (Å²) in [5.41, 5.74) is 4.56. The number of piperazine rings is 1. The zero-order valence-electron chi connectivity index (χ0n) is 21.7. The molecule has 198 valence electrons. The van der Waals surface area contributed by atoms with Crippen molar-refractivity contribution < 1.29 is 19.1 Å². The molecule has 0 bridgehead atoms. The first kappa shape index (κ1) is 25.4. The fourth-order valence-electron chi connectivity index (χ4n) is 5.03. The van der Waals surface area contributed by atoms with Crippen molar-refractivity contribution in [2.45, 2.75) is 45.0 Å². The van der Waals surface area contributed by atoms with Crippen LogP contribution in [0.3, 0.4) is 0 Å². The summed E-state index contributed by atoms with van der Waals surface area (Å²) >= 11 is 0. The zero-order valence-corrected chi connectivity index (χ0v) is 21.7. The number of hydrogen-bond donors (Lipinski definition) is 1. The number of ether oxygens (including phenoxy) is 2. The number of pyridine rings is 1. The van der Waals surface area contributed by atoms with E-state index in [-0.39, 0.29) is 24.2 Å². The van der Waals surface area contributed by atoms with Crippen molar-refractivity contribution in [3.8, 4) is 11.6 Å². The molecule has 1 amide bonds. The number of hydroxylamine groups is 1. The Labute approximate surface area is 218 Å². The molecule has 2 saturated heterocycles. The number of hydrogen-bond acceptors (Lipinski definition) is 8. The van der Waals surface area contributed by atoms with E-state index in [9.17, 15) is 4.79 Å². The van der Waals surface area contributed by atoms with Crippen molar-refractivity contribution in [3.05, 3.63) is 60.4 Å². The minimum atomic E-state index is -0.146. The standard InChI is InChI=1S/C28H37N5O4/c1-21(2)35-26-8-4-3-7-25(26)32-17-15-31(16-18-32)20-23-19-24(30-37-23)28(34)33-13-10-22(11-14-33)36-27-9-5-6-12-29-27/h3-9,12,19,21-23,30H,10-11,13-18,20H2,1-2H3. The van der Waals surface area contributed by atoms with Crippen LogP contribution in [0.4, 0.5) is 5.69 Å². The molecule has 2 aromatic rings. The average Bonchev–Trinajstić information content (AvgIpc) is 3.38. The molecule has 1 unspecified atom stereocenters. The van der Waals surface area contributed by atoms with Gasteiger partial charge < -0.3 is 19.3 Å². The quantitative estimate of drug-likeness (QED) is 0.585. The molecule has 0 saturated carbocycles. The third-order valence-electron chi connectivity index (χ3n) is 6.94. The highest BCUT2D eigenvalue weighted by molar-refractivity contribution is 5.93. The van der Waals surface area contributed by atoms with Crippen LogP contribution in [-0.4, -0.2) is 84.8 Å². The number of anilines is 1. The third-order valence-corrected chi connectivity index (χ3v) is 6.94. The van der Waals surface area contributed by atoms with Gasteiger partial charge in [0.1, 0.15) is 23.7 Å². The maximum atomic E-state index is 13.0. The Morgan fingerprint density at radius 2 is 1.81 bits per heavy atom. The van der Waals surface area contributed by atoms with E-state index < -0.39 is 0 Å². The van der Waals surface area contributed by atoms with Crippen LogP contribution in [0, 0.1) is 0 Å². The maximum absolute atomic E-state index is 13.0. The van der Waals surface area contributed by atoms with Gasteiger partial charge in [0.25, 0.3) is 5.91 Å². The van der Waals surface area contributed by atoms with Crippen molar-refractivity contribution >= 4 is 11.6 Å². The SMILES string of the molecule is CC(C)Oc1ccccc1N1CCN(CC2C=C(C(=O)N3CCC(Oc4ccccn4)CC3)NO2)CC1. The molecule has 3 aliphatic rings. The average molecular weight is 508 g/mol. The molecule has 9 heteroatoms. The molecule has 5 rings (SSSR count). The van der Waals surface area contributed by atoms with E-state index in [0.29, 0.717) is 24.7 Å². The number of carbonyl (C=O) groups excluding carboxylic acids is 1. The maximum Gasteiger partial charge on any atom is 0.271 e. The van der Waals surface area contributed by atoms with Crippen molar-refractivity contribution in [2.75, 3.05) is 50.7 Å². The molecule has 1 atom stereocenters. The first-order chi connectivity index (χ1) is 18.0. The Kier molecular flexibility index (Phi) is 8.11. The van der Waals surface area contributed by atoms with E-state index in [1.807, 2.05) is 41.3 Å². The second-order valence-corrected chi connectivity index (χ2v) is 10.0. The van der Waals surface area contributed by atoms with Crippen LogP contribution in [0.5, 0.6) is 11.6 Å². The van der Waals surface area contributed by atoms with Gasteiger partial charge in [0.05, 0.1) is 11.8 Å². The molecule has 1 N–H and O–H groups in total. The largest absolute Gasteiger partial charge is 0.489 e. The van der Waals surface area contributed by atoms with Crippen LogP contribution >= 0.6 is 0 Å². The van der Waals surface area contributed by atoms with Crippen molar-refractivity contribution in [1.82, 2.24) is 20.3 Å². The summed E-state index contributed by atoms with van der Waals surface area (Å²) in [4.78, 5) is 29.7. The fourth-order valence-corrected chi connectivity index (χ4v) is 5.03. The summed E-state index contributed by atoms with van der Waals surface area (Å²) in [6.07, 6.45) is 5.31. The second-order valence-electron chi connectivity index (χ2n) is 10.0. The lowest BCUT2D eigenvalue weighted by Crippen LogP contribution is -2.48. The van der Waals surface area contributed by atoms with Crippen LogP contribution in [0.25, 0.3) is 0 Å². The highest BCUT2D eigenvalue weighted by Crippen LogP contribution is 2.30. The summed E-state index contributed by atoms with van der Waals surface area (Å²) < 4.78 is 12.0. The molecule has 37 heavy (non-hydrogen) atoms.